The minimum absolute atomic E-state index is 0.509. The van der Waals surface area contributed by atoms with E-state index in [0.717, 1.165) is 12.0 Å². The highest BCUT2D eigenvalue weighted by molar-refractivity contribution is 6.35. The number of rotatable bonds is 1. The van der Waals surface area contributed by atoms with E-state index in [-0.39, 0.29) is 0 Å². The molecule has 1 rings (SSSR count). The summed E-state index contributed by atoms with van der Waals surface area (Å²) in [7, 11) is 0. The van der Waals surface area contributed by atoms with Gasteiger partial charge < -0.3 is 0 Å². The third-order valence-electron chi connectivity index (χ3n) is 1.30. The normalized spacial score (nSPS) is 9.90. The molecule has 0 aromatic carbocycles. The largest absolute Gasteiger partial charge is 0.244 e. The van der Waals surface area contributed by atoms with Gasteiger partial charge in [0.25, 0.3) is 0 Å². The SMILES string of the molecule is CCc1c(Cl)ccnc1Cl. The Kier molecular flexibility index (Phi) is 2.52. The van der Waals surface area contributed by atoms with Gasteiger partial charge in [0.1, 0.15) is 5.15 Å². The average Bonchev–Trinajstić information content (AvgIpc) is 1.88. The first-order valence-electron chi connectivity index (χ1n) is 3.04. The molecule has 1 heterocycles. The van der Waals surface area contributed by atoms with Crippen LogP contribution in [0.2, 0.25) is 10.2 Å². The third kappa shape index (κ3) is 1.41. The first-order chi connectivity index (χ1) is 4.75. The molecule has 0 aliphatic carbocycles. The van der Waals surface area contributed by atoms with E-state index in [1.807, 2.05) is 6.92 Å². The summed E-state index contributed by atoms with van der Waals surface area (Å²) in [6.45, 7) is 1.99. The highest BCUT2D eigenvalue weighted by Gasteiger charge is 2.01. The zero-order valence-corrected chi connectivity index (χ0v) is 7.08. The Labute approximate surface area is 70.0 Å². The van der Waals surface area contributed by atoms with Crippen LogP contribution in [-0.4, -0.2) is 4.98 Å². The fourth-order valence-electron chi connectivity index (χ4n) is 0.760. The average molecular weight is 176 g/mol. The summed E-state index contributed by atoms with van der Waals surface area (Å²) in [5, 5.41) is 1.21. The Morgan fingerprint density at radius 3 is 2.60 bits per heavy atom. The van der Waals surface area contributed by atoms with Gasteiger partial charge in [0.2, 0.25) is 0 Å². The maximum absolute atomic E-state index is 5.81. The molecule has 0 N–H and O–H groups in total. The number of aromatic nitrogens is 1. The number of hydrogen-bond acceptors (Lipinski definition) is 1. The molecule has 1 nitrogen and oxygen atoms in total. The molecule has 0 unspecified atom stereocenters. The van der Waals surface area contributed by atoms with Crippen molar-refractivity contribution in [3.05, 3.63) is 28.0 Å². The minimum atomic E-state index is 0.509. The first kappa shape index (κ1) is 7.83. The van der Waals surface area contributed by atoms with E-state index in [9.17, 15) is 0 Å². The molecule has 0 atom stereocenters. The second kappa shape index (κ2) is 3.22. The summed E-state index contributed by atoms with van der Waals surface area (Å²) < 4.78 is 0. The zero-order chi connectivity index (χ0) is 7.56. The summed E-state index contributed by atoms with van der Waals surface area (Å²) >= 11 is 11.5. The van der Waals surface area contributed by atoms with Crippen molar-refractivity contribution in [2.75, 3.05) is 0 Å². The molecular weight excluding hydrogens is 169 g/mol. The summed E-state index contributed by atoms with van der Waals surface area (Å²) in [5.74, 6) is 0. The molecule has 0 radical (unpaired) electrons. The van der Waals surface area contributed by atoms with Crippen molar-refractivity contribution in [3.8, 4) is 0 Å². The maximum atomic E-state index is 5.81. The van der Waals surface area contributed by atoms with Crippen molar-refractivity contribution in [1.82, 2.24) is 4.98 Å². The predicted molar refractivity (Wildman–Crippen MR) is 43.6 cm³/mol. The number of halogens is 2. The van der Waals surface area contributed by atoms with E-state index in [4.69, 9.17) is 23.2 Å². The van der Waals surface area contributed by atoms with Crippen molar-refractivity contribution in [2.45, 2.75) is 13.3 Å². The lowest BCUT2D eigenvalue weighted by Gasteiger charge is -2.00. The molecule has 0 spiro atoms. The van der Waals surface area contributed by atoms with Crippen LogP contribution >= 0.6 is 23.2 Å². The van der Waals surface area contributed by atoms with Gasteiger partial charge in [0.15, 0.2) is 0 Å². The van der Waals surface area contributed by atoms with E-state index in [1.54, 1.807) is 12.3 Å². The van der Waals surface area contributed by atoms with Crippen molar-refractivity contribution in [1.29, 1.82) is 0 Å². The van der Waals surface area contributed by atoms with Crippen LogP contribution in [0.3, 0.4) is 0 Å². The smallest absolute Gasteiger partial charge is 0.133 e. The number of nitrogens with zero attached hydrogens (tertiary/aromatic N) is 1. The predicted octanol–water partition coefficient (Wildman–Crippen LogP) is 2.95. The lowest BCUT2D eigenvalue weighted by Crippen LogP contribution is -1.86. The first-order valence-corrected chi connectivity index (χ1v) is 3.80. The van der Waals surface area contributed by atoms with Crippen molar-refractivity contribution < 1.29 is 0 Å². The third-order valence-corrected chi connectivity index (χ3v) is 1.98. The van der Waals surface area contributed by atoms with Crippen LogP contribution in [0.5, 0.6) is 0 Å². The standard InChI is InChI=1S/C7H7Cl2N/c1-2-5-6(8)3-4-10-7(5)9/h3-4H,2H2,1H3. The summed E-state index contributed by atoms with van der Waals surface area (Å²) in [6, 6.07) is 1.74. The highest BCUT2D eigenvalue weighted by atomic mass is 35.5. The molecule has 0 saturated heterocycles. The van der Waals surface area contributed by atoms with Crippen molar-refractivity contribution >= 4 is 23.2 Å². The molecule has 0 bridgehead atoms. The van der Waals surface area contributed by atoms with Crippen LogP contribution in [0.1, 0.15) is 12.5 Å². The molecule has 0 amide bonds. The van der Waals surface area contributed by atoms with E-state index < -0.39 is 0 Å². The molecule has 0 aliphatic heterocycles. The fraction of sp³-hybridized carbons (Fsp3) is 0.286. The van der Waals surface area contributed by atoms with Gasteiger partial charge in [-0.1, -0.05) is 30.1 Å². The van der Waals surface area contributed by atoms with E-state index in [2.05, 4.69) is 4.98 Å². The van der Waals surface area contributed by atoms with Gasteiger partial charge in [0.05, 0.1) is 0 Å². The molecule has 3 heteroatoms. The van der Waals surface area contributed by atoms with Gasteiger partial charge >= 0.3 is 0 Å². The summed E-state index contributed by atoms with van der Waals surface area (Å²) in [4.78, 5) is 3.89. The van der Waals surface area contributed by atoms with E-state index in [0.29, 0.717) is 10.2 Å². The van der Waals surface area contributed by atoms with Crippen LogP contribution in [0.25, 0.3) is 0 Å². The minimum Gasteiger partial charge on any atom is -0.244 e. The van der Waals surface area contributed by atoms with Crippen LogP contribution in [0.4, 0.5) is 0 Å². The Morgan fingerprint density at radius 1 is 1.50 bits per heavy atom. The maximum Gasteiger partial charge on any atom is 0.133 e. The molecule has 1 aromatic heterocycles. The van der Waals surface area contributed by atoms with Crippen LogP contribution in [0, 0.1) is 0 Å². The topological polar surface area (TPSA) is 12.9 Å². The number of hydrogen-bond donors (Lipinski definition) is 0. The van der Waals surface area contributed by atoms with Gasteiger partial charge in [0, 0.05) is 16.8 Å². The zero-order valence-electron chi connectivity index (χ0n) is 5.56. The monoisotopic (exact) mass is 175 g/mol. The lowest BCUT2D eigenvalue weighted by atomic mass is 10.2. The molecule has 54 valence electrons. The summed E-state index contributed by atoms with van der Waals surface area (Å²) in [5.41, 5.74) is 0.922. The molecule has 10 heavy (non-hydrogen) atoms. The van der Waals surface area contributed by atoms with Crippen molar-refractivity contribution in [3.63, 3.8) is 0 Å². The second-order valence-corrected chi connectivity index (χ2v) is 2.68. The number of pyridine rings is 1. The van der Waals surface area contributed by atoms with Gasteiger partial charge in [-0.05, 0) is 12.5 Å². The molecule has 1 aromatic rings. The Bertz CT molecular complexity index is 215. The van der Waals surface area contributed by atoms with E-state index in [1.165, 1.54) is 0 Å². The van der Waals surface area contributed by atoms with Gasteiger partial charge in [-0.2, -0.15) is 0 Å². The highest BCUT2D eigenvalue weighted by Crippen LogP contribution is 2.21. The van der Waals surface area contributed by atoms with E-state index >= 15 is 0 Å². The molecule has 0 aliphatic rings. The molecule has 0 saturated carbocycles. The second-order valence-electron chi connectivity index (χ2n) is 1.92. The summed E-state index contributed by atoms with van der Waals surface area (Å²) in [6.07, 6.45) is 2.43. The quantitative estimate of drug-likeness (QED) is 0.599. The lowest BCUT2D eigenvalue weighted by molar-refractivity contribution is 1.10. The van der Waals surface area contributed by atoms with Crippen molar-refractivity contribution in [2.24, 2.45) is 0 Å². The molecule has 0 fully saturated rings. The van der Waals surface area contributed by atoms with Crippen LogP contribution < -0.4 is 0 Å². The van der Waals surface area contributed by atoms with Gasteiger partial charge in [-0.25, -0.2) is 4.98 Å². The fourth-order valence-corrected chi connectivity index (χ4v) is 1.38. The molecular formula is C7H7Cl2N. The van der Waals surface area contributed by atoms with Crippen LogP contribution in [-0.2, 0) is 6.42 Å². The Hall–Kier alpha value is -0.270. The Balaban J connectivity index is 3.17. The van der Waals surface area contributed by atoms with Gasteiger partial charge in [-0.15, -0.1) is 0 Å². The van der Waals surface area contributed by atoms with Crippen LogP contribution in [0.15, 0.2) is 12.3 Å². The Morgan fingerprint density at radius 2 is 2.20 bits per heavy atom. The van der Waals surface area contributed by atoms with Gasteiger partial charge in [-0.3, -0.25) is 0 Å².